The Kier molecular flexibility index (Phi) is 7.75. The first kappa shape index (κ1) is 28.8. The van der Waals surface area contributed by atoms with Gasteiger partial charge in [0.05, 0.1) is 43.9 Å². The van der Waals surface area contributed by atoms with Crippen molar-refractivity contribution in [1.82, 2.24) is 4.57 Å². The zero-order valence-electron chi connectivity index (χ0n) is 22.3. The Labute approximate surface area is 249 Å². The Balaban J connectivity index is 1.67. The SMILES string of the molecule is CCOC(=O)C1=C(C)N=c2s/c(=C/c3ccc(-c4ccc(Br)cc4[N+](=O)[O-])o3)c(=O)n2[C@H]1c1ccc(C)c([N+](=O)[O-])c1. The Bertz CT molecular complexity index is 2010. The number of benzene rings is 2. The summed E-state index contributed by atoms with van der Waals surface area (Å²) < 4.78 is 13.2. The number of furan rings is 1. The third kappa shape index (κ3) is 5.21. The first-order valence-corrected chi connectivity index (χ1v) is 14.1. The predicted molar refractivity (Wildman–Crippen MR) is 157 cm³/mol. The van der Waals surface area contributed by atoms with Crippen LogP contribution in [0.25, 0.3) is 17.4 Å². The van der Waals surface area contributed by atoms with Gasteiger partial charge >= 0.3 is 5.97 Å². The molecule has 214 valence electrons. The number of hydrogen-bond acceptors (Lipinski definition) is 10. The summed E-state index contributed by atoms with van der Waals surface area (Å²) in [5.41, 5.74) is 0.633. The molecule has 14 heteroatoms. The van der Waals surface area contributed by atoms with Crippen LogP contribution in [-0.2, 0) is 9.53 Å². The Morgan fingerprint density at radius 1 is 1.12 bits per heavy atom. The number of ether oxygens (including phenoxy) is 1. The number of nitrogens with zero attached hydrogens (tertiary/aromatic N) is 4. The summed E-state index contributed by atoms with van der Waals surface area (Å²) in [6.07, 6.45) is 1.48. The summed E-state index contributed by atoms with van der Waals surface area (Å²) in [4.78, 5) is 53.9. The minimum Gasteiger partial charge on any atom is -0.463 e. The van der Waals surface area contributed by atoms with Crippen molar-refractivity contribution in [2.75, 3.05) is 6.61 Å². The molecule has 3 heterocycles. The van der Waals surface area contributed by atoms with Crippen molar-refractivity contribution in [3.8, 4) is 11.3 Å². The summed E-state index contributed by atoms with van der Waals surface area (Å²) in [5.74, 6) is -0.192. The molecular weight excluding hydrogens is 632 g/mol. The highest BCUT2D eigenvalue weighted by Gasteiger charge is 2.34. The van der Waals surface area contributed by atoms with E-state index in [1.807, 2.05) is 0 Å². The zero-order chi connectivity index (χ0) is 30.3. The van der Waals surface area contributed by atoms with Gasteiger partial charge in [0.15, 0.2) is 4.80 Å². The fourth-order valence-corrected chi connectivity index (χ4v) is 6.04. The molecule has 4 aromatic rings. The Hall–Kier alpha value is -4.69. The van der Waals surface area contributed by atoms with Gasteiger partial charge in [0.1, 0.15) is 11.5 Å². The number of hydrogen-bond donors (Lipinski definition) is 0. The Morgan fingerprint density at radius 3 is 2.55 bits per heavy atom. The van der Waals surface area contributed by atoms with Gasteiger partial charge < -0.3 is 9.15 Å². The molecule has 0 amide bonds. The van der Waals surface area contributed by atoms with Crippen LogP contribution in [0.1, 0.15) is 36.8 Å². The molecule has 12 nitrogen and oxygen atoms in total. The highest BCUT2D eigenvalue weighted by Crippen LogP contribution is 2.35. The maximum atomic E-state index is 13.8. The molecule has 5 rings (SSSR count). The highest BCUT2D eigenvalue weighted by atomic mass is 79.9. The van der Waals surface area contributed by atoms with Crippen LogP contribution >= 0.6 is 27.3 Å². The van der Waals surface area contributed by atoms with E-state index in [1.54, 1.807) is 57.2 Å². The molecule has 1 atom stereocenters. The molecule has 1 aliphatic rings. The minimum absolute atomic E-state index is 0.0815. The molecular formula is C28H21BrN4O8S. The van der Waals surface area contributed by atoms with E-state index in [2.05, 4.69) is 20.9 Å². The third-order valence-corrected chi connectivity index (χ3v) is 8.06. The number of allylic oxidation sites excluding steroid dienone is 1. The van der Waals surface area contributed by atoms with E-state index in [4.69, 9.17) is 9.15 Å². The number of carbonyl (C=O) groups is 1. The molecule has 0 spiro atoms. The van der Waals surface area contributed by atoms with Gasteiger partial charge in [-0.2, -0.15) is 0 Å². The average Bonchev–Trinajstić information content (AvgIpc) is 3.52. The third-order valence-electron chi connectivity index (χ3n) is 6.58. The van der Waals surface area contributed by atoms with E-state index in [9.17, 15) is 29.8 Å². The molecule has 42 heavy (non-hydrogen) atoms. The predicted octanol–water partition coefficient (Wildman–Crippen LogP) is 4.95. The van der Waals surface area contributed by atoms with Gasteiger partial charge in [-0.05, 0) is 50.6 Å². The first-order chi connectivity index (χ1) is 20.0. The normalized spacial score (nSPS) is 14.9. The van der Waals surface area contributed by atoms with Gasteiger partial charge in [0.2, 0.25) is 0 Å². The molecule has 0 saturated heterocycles. The highest BCUT2D eigenvalue weighted by molar-refractivity contribution is 9.10. The topological polar surface area (TPSA) is 160 Å². The number of nitro benzene ring substituents is 2. The van der Waals surface area contributed by atoms with Crippen molar-refractivity contribution in [2.45, 2.75) is 26.8 Å². The van der Waals surface area contributed by atoms with Gasteiger partial charge in [0, 0.05) is 28.2 Å². The van der Waals surface area contributed by atoms with Crippen LogP contribution in [0.5, 0.6) is 0 Å². The molecule has 0 bridgehead atoms. The second kappa shape index (κ2) is 11.3. The van der Waals surface area contributed by atoms with Crippen molar-refractivity contribution in [3.63, 3.8) is 0 Å². The van der Waals surface area contributed by atoms with Crippen LogP contribution in [0.4, 0.5) is 11.4 Å². The van der Waals surface area contributed by atoms with Crippen molar-refractivity contribution in [3.05, 3.63) is 121 Å². The zero-order valence-corrected chi connectivity index (χ0v) is 24.7. The summed E-state index contributed by atoms with van der Waals surface area (Å²) >= 11 is 4.28. The fourth-order valence-electron chi connectivity index (χ4n) is 4.67. The van der Waals surface area contributed by atoms with Crippen molar-refractivity contribution < 1.29 is 23.8 Å². The van der Waals surface area contributed by atoms with Crippen LogP contribution < -0.4 is 14.9 Å². The maximum absolute atomic E-state index is 13.8. The summed E-state index contributed by atoms with van der Waals surface area (Å²) in [6, 6.07) is 11.2. The molecule has 0 fully saturated rings. The lowest BCUT2D eigenvalue weighted by atomic mass is 9.94. The molecule has 0 N–H and O–H groups in total. The van der Waals surface area contributed by atoms with Gasteiger partial charge in [-0.1, -0.05) is 39.4 Å². The number of aryl methyl sites for hydroxylation is 1. The van der Waals surface area contributed by atoms with Crippen LogP contribution in [0.15, 0.2) is 78.5 Å². The van der Waals surface area contributed by atoms with Crippen LogP contribution in [0.3, 0.4) is 0 Å². The molecule has 2 aromatic carbocycles. The molecule has 0 saturated carbocycles. The number of esters is 1. The average molecular weight is 653 g/mol. The smallest absolute Gasteiger partial charge is 0.338 e. The van der Waals surface area contributed by atoms with Gasteiger partial charge in [-0.15, -0.1) is 0 Å². The van der Waals surface area contributed by atoms with Gasteiger partial charge in [-0.25, -0.2) is 9.79 Å². The second-order valence-electron chi connectivity index (χ2n) is 9.23. The van der Waals surface area contributed by atoms with Crippen molar-refractivity contribution in [2.24, 2.45) is 4.99 Å². The maximum Gasteiger partial charge on any atom is 0.338 e. The summed E-state index contributed by atoms with van der Waals surface area (Å²) in [5, 5.41) is 23.3. The molecule has 0 radical (unpaired) electrons. The lowest BCUT2D eigenvalue weighted by Gasteiger charge is -2.24. The monoisotopic (exact) mass is 652 g/mol. The van der Waals surface area contributed by atoms with Gasteiger partial charge in [-0.3, -0.25) is 29.6 Å². The van der Waals surface area contributed by atoms with E-state index in [0.29, 0.717) is 21.3 Å². The van der Waals surface area contributed by atoms with Crippen LogP contribution in [0.2, 0.25) is 0 Å². The summed E-state index contributed by atoms with van der Waals surface area (Å²) in [6.45, 7) is 4.94. The van der Waals surface area contributed by atoms with E-state index >= 15 is 0 Å². The standard InChI is InChI=1S/C28H21BrN4O8S/c1-4-40-27(35)24-15(3)30-28-31(25(24)16-6-5-14(2)20(11-16)32(36)37)26(34)23(42-28)13-18-8-10-22(41-18)19-9-7-17(29)12-21(19)33(38)39/h5-13,25H,4H2,1-3H3/b23-13+/t25-/m0/s1. The van der Waals surface area contributed by atoms with Crippen LogP contribution in [-0.4, -0.2) is 27.0 Å². The largest absolute Gasteiger partial charge is 0.463 e. The van der Waals surface area contributed by atoms with E-state index in [1.165, 1.54) is 22.8 Å². The minimum atomic E-state index is -1.03. The van der Waals surface area contributed by atoms with Crippen LogP contribution in [0, 0.1) is 27.2 Å². The molecule has 2 aromatic heterocycles. The lowest BCUT2D eigenvalue weighted by Crippen LogP contribution is -2.40. The van der Waals surface area contributed by atoms with Crippen molar-refractivity contribution >= 4 is 50.7 Å². The number of halogens is 1. The number of rotatable bonds is 7. The van der Waals surface area contributed by atoms with Gasteiger partial charge in [0.25, 0.3) is 16.9 Å². The number of nitro groups is 2. The summed E-state index contributed by atoms with van der Waals surface area (Å²) in [7, 11) is 0. The van der Waals surface area contributed by atoms with E-state index in [0.717, 1.165) is 11.3 Å². The number of aromatic nitrogens is 1. The number of fused-ring (bicyclic) bond motifs is 1. The van der Waals surface area contributed by atoms with E-state index < -0.39 is 27.4 Å². The number of carbonyl (C=O) groups excluding carboxylic acids is 1. The number of thiazole rings is 1. The molecule has 0 aliphatic carbocycles. The second-order valence-corrected chi connectivity index (χ2v) is 11.2. The fraction of sp³-hybridized carbons (Fsp3) is 0.179. The van der Waals surface area contributed by atoms with Crippen molar-refractivity contribution in [1.29, 1.82) is 0 Å². The molecule has 0 unspecified atom stereocenters. The molecule has 1 aliphatic heterocycles. The Morgan fingerprint density at radius 2 is 1.86 bits per heavy atom. The lowest BCUT2D eigenvalue weighted by molar-refractivity contribution is -0.385. The quantitative estimate of drug-likeness (QED) is 0.154. The first-order valence-electron chi connectivity index (χ1n) is 12.5. The van der Waals surface area contributed by atoms with E-state index in [-0.39, 0.29) is 50.0 Å².